The molecule has 4 rings (SSSR count). The number of quaternary nitrogens is 1. The van der Waals surface area contributed by atoms with Crippen molar-refractivity contribution in [3.05, 3.63) is 70.7 Å². The van der Waals surface area contributed by atoms with E-state index in [-0.39, 0.29) is 5.69 Å². The Morgan fingerprint density at radius 1 is 1.28 bits per heavy atom. The first-order valence-electron chi connectivity index (χ1n) is 8.78. The molecular weight excluding hydrogens is 376 g/mol. The fourth-order valence-corrected chi connectivity index (χ4v) is 3.32. The average molecular weight is 394 g/mol. The average Bonchev–Trinajstić information content (AvgIpc) is 3.15. The molecule has 1 aliphatic heterocycles. The molecule has 0 saturated heterocycles. The van der Waals surface area contributed by atoms with Crippen molar-refractivity contribution in [2.75, 3.05) is 5.32 Å². The van der Waals surface area contributed by atoms with Crippen LogP contribution >= 0.6 is 0 Å². The molecule has 3 amide bonds. The first kappa shape index (κ1) is 18.6. The van der Waals surface area contributed by atoms with Gasteiger partial charge in [-0.2, -0.15) is 10.3 Å². The maximum atomic E-state index is 13.1. The summed E-state index contributed by atoms with van der Waals surface area (Å²) < 4.78 is 0. The van der Waals surface area contributed by atoms with Gasteiger partial charge in [-0.3, -0.25) is 9.89 Å². The number of rotatable bonds is 4. The van der Waals surface area contributed by atoms with E-state index in [1.54, 1.807) is 43.5 Å². The third-order valence-corrected chi connectivity index (χ3v) is 4.68. The Bertz CT molecular complexity index is 1140. The van der Waals surface area contributed by atoms with Crippen molar-refractivity contribution >= 4 is 34.2 Å². The summed E-state index contributed by atoms with van der Waals surface area (Å²) in [7, 11) is 0. The van der Waals surface area contributed by atoms with E-state index in [9.17, 15) is 20.0 Å². The van der Waals surface area contributed by atoms with Gasteiger partial charge in [0.2, 0.25) is 0 Å². The Morgan fingerprint density at radius 3 is 2.90 bits per heavy atom. The molecule has 2 atom stereocenters. The van der Waals surface area contributed by atoms with Crippen LogP contribution in [0.3, 0.4) is 0 Å². The maximum Gasteiger partial charge on any atom is 0.319 e. The van der Waals surface area contributed by atoms with Gasteiger partial charge in [0.05, 0.1) is 23.3 Å². The second kappa shape index (κ2) is 7.36. The molecule has 2 unspecified atom stereocenters. The number of nitrogens with zero attached hydrogens (tertiary/aromatic N) is 1. The molecule has 1 aromatic heterocycles. The predicted molar refractivity (Wildman–Crippen MR) is 104 cm³/mol. The summed E-state index contributed by atoms with van der Waals surface area (Å²) in [6, 6.07) is 10.2. The number of hydrogen-bond acceptors (Lipinski definition) is 5. The van der Waals surface area contributed by atoms with Gasteiger partial charge in [-0.05, 0) is 30.7 Å². The van der Waals surface area contributed by atoms with Crippen LogP contribution in [0.4, 0.5) is 16.2 Å². The smallest absolute Gasteiger partial charge is 0.319 e. The van der Waals surface area contributed by atoms with Crippen LogP contribution in [-0.4, -0.2) is 27.3 Å². The molecule has 10 heteroatoms. The van der Waals surface area contributed by atoms with Crippen LogP contribution in [0.2, 0.25) is 0 Å². The number of benzene rings is 2. The summed E-state index contributed by atoms with van der Waals surface area (Å²) in [5.41, 5.74) is 2.65. The zero-order valence-corrected chi connectivity index (χ0v) is 15.3. The maximum absolute atomic E-state index is 13.1. The van der Waals surface area contributed by atoms with Crippen LogP contribution in [0.15, 0.2) is 59.9 Å². The topological polar surface area (TPSA) is 147 Å². The van der Waals surface area contributed by atoms with Crippen LogP contribution in [-0.2, 0) is 4.79 Å². The zero-order chi connectivity index (χ0) is 20.5. The summed E-state index contributed by atoms with van der Waals surface area (Å²) in [4.78, 5) is 25.1. The van der Waals surface area contributed by atoms with Gasteiger partial charge in [0.15, 0.2) is 5.69 Å². The number of carbonyl (C=O) groups is 2. The largest absolute Gasteiger partial charge is 0.595 e. The van der Waals surface area contributed by atoms with Crippen LogP contribution in [0.25, 0.3) is 10.9 Å². The molecule has 1 aliphatic rings. The number of urea groups is 1. The van der Waals surface area contributed by atoms with E-state index in [0.717, 1.165) is 10.9 Å². The predicted octanol–water partition coefficient (Wildman–Crippen LogP) is 1.23. The van der Waals surface area contributed by atoms with Crippen LogP contribution in [0, 0.1) is 5.21 Å². The lowest BCUT2D eigenvalue weighted by Gasteiger charge is -2.29. The quantitative estimate of drug-likeness (QED) is 0.369. The van der Waals surface area contributed by atoms with Crippen molar-refractivity contribution in [1.82, 2.24) is 20.8 Å². The first-order valence-corrected chi connectivity index (χ1v) is 8.78. The van der Waals surface area contributed by atoms with Crippen molar-refractivity contribution in [2.24, 2.45) is 0 Å². The molecule has 0 fully saturated rings. The number of H-pyrrole nitrogens is 1. The summed E-state index contributed by atoms with van der Waals surface area (Å²) in [6.07, 6.45) is 1.65. The molecule has 10 nitrogen and oxygen atoms in total. The molecule has 29 heavy (non-hydrogen) atoms. The minimum absolute atomic E-state index is 0.0677. The number of nitrogens with one attached hydrogen (secondary N) is 5. The monoisotopic (exact) mass is 394 g/mol. The van der Waals surface area contributed by atoms with Crippen molar-refractivity contribution in [3.63, 3.8) is 0 Å². The third-order valence-electron chi connectivity index (χ3n) is 4.68. The van der Waals surface area contributed by atoms with Gasteiger partial charge in [-0.25, -0.2) is 10.0 Å². The Labute approximate surface area is 164 Å². The zero-order valence-electron chi connectivity index (χ0n) is 15.3. The fraction of sp³-hybridized carbons (Fsp3) is 0.105. The van der Waals surface area contributed by atoms with Gasteiger partial charge >= 0.3 is 6.03 Å². The van der Waals surface area contributed by atoms with E-state index < -0.39 is 23.2 Å². The lowest BCUT2D eigenvalue weighted by atomic mass is 9.94. The standard InChI is InChI=1S/C19H18N6O4/c1-10-16(18(26)22-13-5-6-15-12(7-13)9-20-24-15)17(23-19(27)21-10)11-3-2-4-14(8-11)25(28)29/h2-9,17,25,28H,1H3,(H,20,24)(H,22,26)(H2,21,23,27). The summed E-state index contributed by atoms with van der Waals surface area (Å²) in [5, 5.41) is 35.2. The minimum atomic E-state index is -1.09. The van der Waals surface area contributed by atoms with Gasteiger partial charge in [-0.15, -0.1) is 0 Å². The molecular formula is C19H18N6O4. The van der Waals surface area contributed by atoms with Gasteiger partial charge < -0.3 is 21.2 Å². The lowest BCUT2D eigenvalue weighted by molar-refractivity contribution is -0.991. The number of carbonyl (C=O) groups excluding carboxylic acids is 2. The number of amides is 3. The highest BCUT2D eigenvalue weighted by atomic mass is 16.8. The van der Waals surface area contributed by atoms with Crippen molar-refractivity contribution < 1.29 is 20.0 Å². The number of anilines is 1. The molecule has 3 aromatic rings. The highest BCUT2D eigenvalue weighted by Gasteiger charge is 2.31. The molecule has 148 valence electrons. The molecule has 2 heterocycles. The van der Waals surface area contributed by atoms with Crippen molar-refractivity contribution in [1.29, 1.82) is 0 Å². The van der Waals surface area contributed by atoms with Crippen LogP contribution in [0.5, 0.6) is 0 Å². The normalized spacial score (nSPS) is 17.6. The Kier molecular flexibility index (Phi) is 4.72. The van der Waals surface area contributed by atoms with E-state index >= 15 is 0 Å². The van der Waals surface area contributed by atoms with E-state index in [1.165, 1.54) is 12.1 Å². The second-order valence-corrected chi connectivity index (χ2v) is 6.63. The summed E-state index contributed by atoms with van der Waals surface area (Å²) >= 11 is 0. The van der Waals surface area contributed by atoms with E-state index in [0.29, 0.717) is 22.5 Å². The molecule has 0 bridgehead atoms. The minimum Gasteiger partial charge on any atom is -0.595 e. The SMILES string of the molecule is CC1=C(C(=O)Nc2ccc3[nH]ncc3c2)C(c2cccc([NH+]([O-])O)c2)NC(=O)N1. The fourth-order valence-electron chi connectivity index (χ4n) is 3.32. The molecule has 6 N–H and O–H groups in total. The highest BCUT2D eigenvalue weighted by molar-refractivity contribution is 6.07. The molecule has 2 aromatic carbocycles. The Hall–Kier alpha value is -3.73. The number of aromatic nitrogens is 2. The summed E-state index contributed by atoms with van der Waals surface area (Å²) in [5.74, 6) is -0.413. The van der Waals surface area contributed by atoms with E-state index in [1.807, 2.05) is 0 Å². The van der Waals surface area contributed by atoms with Crippen molar-refractivity contribution in [3.8, 4) is 0 Å². The van der Waals surface area contributed by atoms with Crippen LogP contribution in [0.1, 0.15) is 18.5 Å². The number of fused-ring (bicyclic) bond motifs is 1. The Balaban J connectivity index is 1.68. The van der Waals surface area contributed by atoms with Crippen LogP contribution < -0.4 is 21.2 Å². The molecule has 0 radical (unpaired) electrons. The molecule has 0 spiro atoms. The third kappa shape index (κ3) is 3.67. The number of hydrogen-bond donors (Lipinski definition) is 6. The number of allylic oxidation sites excluding steroid dienone is 1. The Morgan fingerprint density at radius 2 is 2.10 bits per heavy atom. The first-order chi connectivity index (χ1) is 13.9. The van der Waals surface area contributed by atoms with Gasteiger partial charge in [0.25, 0.3) is 5.91 Å². The van der Waals surface area contributed by atoms with Gasteiger partial charge in [0, 0.05) is 28.9 Å². The molecule has 0 aliphatic carbocycles. The van der Waals surface area contributed by atoms with E-state index in [4.69, 9.17) is 0 Å². The molecule has 0 saturated carbocycles. The summed E-state index contributed by atoms with van der Waals surface area (Å²) in [6.45, 7) is 1.63. The number of aromatic amines is 1. The van der Waals surface area contributed by atoms with Gasteiger partial charge in [0.1, 0.15) is 0 Å². The van der Waals surface area contributed by atoms with E-state index in [2.05, 4.69) is 26.1 Å². The second-order valence-electron chi connectivity index (χ2n) is 6.63. The van der Waals surface area contributed by atoms with Gasteiger partial charge in [-0.1, -0.05) is 12.1 Å². The lowest BCUT2D eigenvalue weighted by Crippen LogP contribution is -2.99. The highest BCUT2D eigenvalue weighted by Crippen LogP contribution is 2.29. The van der Waals surface area contributed by atoms with Crippen molar-refractivity contribution in [2.45, 2.75) is 13.0 Å².